The van der Waals surface area contributed by atoms with Gasteiger partial charge in [0.1, 0.15) is 5.69 Å². The standard InChI is InChI=1S/C17H13Cl3N4O/c1-9-6-10(2)24(23-9)12-5-3-4-11(7-12)22-17(25)16-15(20)14(19)13(18)8-21-16/h3-8H,1-2H3,(H,22,25). The minimum absolute atomic E-state index is 0.00702. The van der Waals surface area contributed by atoms with E-state index in [4.69, 9.17) is 34.8 Å². The van der Waals surface area contributed by atoms with Gasteiger partial charge in [-0.25, -0.2) is 9.67 Å². The summed E-state index contributed by atoms with van der Waals surface area (Å²) in [4.78, 5) is 16.4. The Morgan fingerprint density at radius 3 is 2.56 bits per heavy atom. The van der Waals surface area contributed by atoms with Crippen molar-refractivity contribution in [2.24, 2.45) is 0 Å². The quantitative estimate of drug-likeness (QED) is 0.671. The number of hydrogen-bond acceptors (Lipinski definition) is 3. The second-order valence-corrected chi connectivity index (χ2v) is 6.59. The summed E-state index contributed by atoms with van der Waals surface area (Å²) in [6.45, 7) is 3.89. The second kappa shape index (κ2) is 7.04. The fourth-order valence-corrected chi connectivity index (χ4v) is 2.96. The number of hydrogen-bond donors (Lipinski definition) is 1. The van der Waals surface area contributed by atoms with E-state index in [1.165, 1.54) is 6.20 Å². The summed E-state index contributed by atoms with van der Waals surface area (Å²) in [5, 5.41) is 7.49. The second-order valence-electron chi connectivity index (χ2n) is 5.43. The smallest absolute Gasteiger partial charge is 0.275 e. The number of aryl methyl sites for hydroxylation is 2. The summed E-state index contributed by atoms with van der Waals surface area (Å²) in [6.07, 6.45) is 1.29. The zero-order valence-corrected chi connectivity index (χ0v) is 15.6. The molecule has 0 unspecified atom stereocenters. The molecule has 0 spiro atoms. The molecule has 1 amide bonds. The molecule has 0 aliphatic heterocycles. The molecule has 3 aromatic rings. The fraction of sp³-hybridized carbons (Fsp3) is 0.118. The Labute approximate surface area is 159 Å². The van der Waals surface area contributed by atoms with Gasteiger partial charge < -0.3 is 5.32 Å². The summed E-state index contributed by atoms with van der Waals surface area (Å²) in [5.74, 6) is -0.478. The zero-order chi connectivity index (χ0) is 18.1. The van der Waals surface area contributed by atoms with Gasteiger partial charge in [-0.05, 0) is 38.1 Å². The van der Waals surface area contributed by atoms with Crippen molar-refractivity contribution in [2.45, 2.75) is 13.8 Å². The first-order chi connectivity index (χ1) is 11.9. The van der Waals surface area contributed by atoms with Crippen LogP contribution in [0.5, 0.6) is 0 Å². The molecule has 0 aliphatic carbocycles. The van der Waals surface area contributed by atoms with Crippen molar-refractivity contribution in [3.05, 3.63) is 68.7 Å². The number of carbonyl (C=O) groups excluding carboxylic acids is 1. The molecule has 0 atom stereocenters. The molecule has 0 saturated heterocycles. The van der Waals surface area contributed by atoms with Gasteiger partial charge in [0.15, 0.2) is 0 Å². The Morgan fingerprint density at radius 1 is 1.12 bits per heavy atom. The van der Waals surface area contributed by atoms with Crippen LogP contribution in [0.25, 0.3) is 5.69 Å². The molecule has 5 nitrogen and oxygen atoms in total. The average molecular weight is 396 g/mol. The normalized spacial score (nSPS) is 10.8. The minimum Gasteiger partial charge on any atom is -0.321 e. The van der Waals surface area contributed by atoms with Crippen LogP contribution in [0.1, 0.15) is 21.9 Å². The van der Waals surface area contributed by atoms with Crippen LogP contribution < -0.4 is 5.32 Å². The highest BCUT2D eigenvalue weighted by atomic mass is 35.5. The Kier molecular flexibility index (Phi) is 4.99. The van der Waals surface area contributed by atoms with Crippen LogP contribution in [0.4, 0.5) is 5.69 Å². The van der Waals surface area contributed by atoms with Gasteiger partial charge in [0.2, 0.25) is 0 Å². The van der Waals surface area contributed by atoms with Gasteiger partial charge in [-0.1, -0.05) is 40.9 Å². The third kappa shape index (κ3) is 3.63. The number of carbonyl (C=O) groups is 1. The van der Waals surface area contributed by atoms with E-state index in [2.05, 4.69) is 15.4 Å². The van der Waals surface area contributed by atoms with E-state index < -0.39 is 5.91 Å². The number of amides is 1. The first kappa shape index (κ1) is 17.7. The van der Waals surface area contributed by atoms with Gasteiger partial charge in [0, 0.05) is 17.6 Å². The van der Waals surface area contributed by atoms with Gasteiger partial charge in [0.05, 0.1) is 26.4 Å². The topological polar surface area (TPSA) is 59.8 Å². The van der Waals surface area contributed by atoms with Crippen LogP contribution in [0.3, 0.4) is 0 Å². The van der Waals surface area contributed by atoms with Crippen molar-refractivity contribution in [2.75, 3.05) is 5.32 Å². The summed E-state index contributed by atoms with van der Waals surface area (Å²) < 4.78 is 1.80. The molecule has 0 radical (unpaired) electrons. The molecule has 8 heteroatoms. The summed E-state index contributed by atoms with van der Waals surface area (Å²) in [6, 6.07) is 9.27. The molecule has 0 saturated carbocycles. The first-order valence-electron chi connectivity index (χ1n) is 7.31. The number of anilines is 1. The average Bonchev–Trinajstić information content (AvgIpc) is 2.91. The van der Waals surface area contributed by atoms with E-state index in [0.717, 1.165) is 17.1 Å². The van der Waals surface area contributed by atoms with Crippen LogP contribution in [0.15, 0.2) is 36.5 Å². The van der Waals surface area contributed by atoms with E-state index in [-0.39, 0.29) is 20.8 Å². The van der Waals surface area contributed by atoms with Gasteiger partial charge in [-0.15, -0.1) is 0 Å². The monoisotopic (exact) mass is 394 g/mol. The Hall–Kier alpha value is -2.08. The molecule has 1 aromatic carbocycles. The van der Waals surface area contributed by atoms with Gasteiger partial charge in [0.25, 0.3) is 5.91 Å². The zero-order valence-electron chi connectivity index (χ0n) is 13.3. The molecular weight excluding hydrogens is 383 g/mol. The lowest BCUT2D eigenvalue weighted by molar-refractivity contribution is 0.102. The van der Waals surface area contributed by atoms with Crippen molar-refractivity contribution < 1.29 is 4.79 Å². The highest BCUT2D eigenvalue weighted by Crippen LogP contribution is 2.31. The lowest BCUT2D eigenvalue weighted by Crippen LogP contribution is -2.14. The highest BCUT2D eigenvalue weighted by Gasteiger charge is 2.17. The van der Waals surface area contributed by atoms with Crippen LogP contribution >= 0.6 is 34.8 Å². The molecule has 128 valence electrons. The molecule has 2 aromatic heterocycles. The van der Waals surface area contributed by atoms with Crippen molar-refractivity contribution in [1.82, 2.24) is 14.8 Å². The molecule has 3 rings (SSSR count). The van der Waals surface area contributed by atoms with Gasteiger partial charge in [-0.2, -0.15) is 5.10 Å². The molecule has 0 bridgehead atoms. The van der Waals surface area contributed by atoms with Gasteiger partial charge in [-0.3, -0.25) is 4.79 Å². The maximum Gasteiger partial charge on any atom is 0.275 e. The third-order valence-electron chi connectivity index (χ3n) is 3.49. The van der Waals surface area contributed by atoms with E-state index in [1.807, 2.05) is 38.1 Å². The third-order valence-corrected chi connectivity index (χ3v) is 4.73. The van der Waals surface area contributed by atoms with Crippen LogP contribution in [0.2, 0.25) is 15.1 Å². The van der Waals surface area contributed by atoms with Gasteiger partial charge >= 0.3 is 0 Å². The van der Waals surface area contributed by atoms with Crippen molar-refractivity contribution in [3.8, 4) is 5.69 Å². The fourth-order valence-electron chi connectivity index (χ4n) is 2.40. The van der Waals surface area contributed by atoms with Crippen LogP contribution in [-0.2, 0) is 0 Å². The highest BCUT2D eigenvalue weighted by molar-refractivity contribution is 6.49. The lowest BCUT2D eigenvalue weighted by atomic mass is 10.2. The predicted molar refractivity (Wildman–Crippen MR) is 100 cm³/mol. The summed E-state index contributed by atoms with van der Waals surface area (Å²) in [5.41, 5.74) is 3.33. The number of nitrogens with one attached hydrogen (secondary N) is 1. The Bertz CT molecular complexity index is 969. The van der Waals surface area contributed by atoms with E-state index in [9.17, 15) is 4.79 Å². The number of aromatic nitrogens is 3. The van der Waals surface area contributed by atoms with E-state index in [1.54, 1.807) is 10.7 Å². The maximum atomic E-state index is 12.4. The maximum absolute atomic E-state index is 12.4. The first-order valence-corrected chi connectivity index (χ1v) is 8.44. The number of pyridine rings is 1. The summed E-state index contributed by atoms with van der Waals surface area (Å²) in [7, 11) is 0. The van der Waals surface area contributed by atoms with Crippen molar-refractivity contribution in [3.63, 3.8) is 0 Å². The van der Waals surface area contributed by atoms with Crippen LogP contribution in [0, 0.1) is 13.8 Å². The van der Waals surface area contributed by atoms with Crippen molar-refractivity contribution >= 4 is 46.4 Å². The van der Waals surface area contributed by atoms with Crippen LogP contribution in [-0.4, -0.2) is 20.7 Å². The number of rotatable bonds is 3. The SMILES string of the molecule is Cc1cc(C)n(-c2cccc(NC(=O)c3ncc(Cl)c(Cl)c3Cl)c2)n1. The molecule has 25 heavy (non-hydrogen) atoms. The molecule has 2 heterocycles. The van der Waals surface area contributed by atoms with Crippen molar-refractivity contribution in [1.29, 1.82) is 0 Å². The Balaban J connectivity index is 1.89. The molecule has 0 fully saturated rings. The molecular formula is C17H13Cl3N4O. The predicted octanol–water partition coefficient (Wildman–Crippen LogP) is 5.10. The molecule has 1 N–H and O–H groups in total. The Morgan fingerprint density at radius 2 is 1.88 bits per heavy atom. The number of halogens is 3. The number of nitrogens with zero attached hydrogens (tertiary/aromatic N) is 3. The number of benzene rings is 1. The lowest BCUT2D eigenvalue weighted by Gasteiger charge is -2.10. The van der Waals surface area contributed by atoms with E-state index in [0.29, 0.717) is 5.69 Å². The largest absolute Gasteiger partial charge is 0.321 e. The van der Waals surface area contributed by atoms with E-state index >= 15 is 0 Å². The molecule has 0 aliphatic rings. The summed E-state index contributed by atoms with van der Waals surface area (Å²) >= 11 is 17.9. The minimum atomic E-state index is -0.478.